The molecule has 0 bridgehead atoms. The molecule has 7 nitrogen and oxygen atoms in total. The molecular formula is C12H11IN4O3. The van der Waals surface area contributed by atoms with Crippen LogP contribution in [0.3, 0.4) is 0 Å². The number of nitro benzene ring substituents is 1. The minimum absolute atomic E-state index is 0.0790. The van der Waals surface area contributed by atoms with Crippen molar-refractivity contribution in [2.75, 3.05) is 5.73 Å². The molecule has 0 spiro atoms. The first-order valence-corrected chi connectivity index (χ1v) is 6.72. The maximum Gasteiger partial charge on any atom is 0.292 e. The van der Waals surface area contributed by atoms with Gasteiger partial charge in [0, 0.05) is 6.07 Å². The van der Waals surface area contributed by atoms with Gasteiger partial charge >= 0.3 is 0 Å². The molecule has 0 aliphatic carbocycles. The average molecular weight is 386 g/mol. The van der Waals surface area contributed by atoms with Gasteiger partial charge in [0.05, 0.1) is 27.1 Å². The van der Waals surface area contributed by atoms with E-state index in [9.17, 15) is 14.9 Å². The van der Waals surface area contributed by atoms with Crippen molar-refractivity contribution in [1.82, 2.24) is 9.55 Å². The molecule has 0 radical (unpaired) electrons. The predicted octanol–water partition coefficient (Wildman–Crippen LogP) is 1.70. The normalized spacial score (nSPS) is 10.5. The van der Waals surface area contributed by atoms with Gasteiger partial charge < -0.3 is 5.73 Å². The molecule has 1 aromatic carbocycles. The van der Waals surface area contributed by atoms with E-state index in [2.05, 4.69) is 4.98 Å². The van der Waals surface area contributed by atoms with Crippen LogP contribution in [0.2, 0.25) is 0 Å². The Morgan fingerprint density at radius 3 is 2.80 bits per heavy atom. The van der Waals surface area contributed by atoms with E-state index in [0.29, 0.717) is 14.8 Å². The molecule has 0 saturated carbocycles. The first-order chi connectivity index (χ1) is 9.40. The van der Waals surface area contributed by atoms with Gasteiger partial charge in [0.15, 0.2) is 0 Å². The van der Waals surface area contributed by atoms with Crippen LogP contribution in [-0.2, 0) is 6.54 Å². The highest BCUT2D eigenvalue weighted by Crippen LogP contribution is 2.22. The summed E-state index contributed by atoms with van der Waals surface area (Å²) in [5, 5.41) is 10.7. The number of aromatic nitrogens is 2. The summed E-state index contributed by atoms with van der Waals surface area (Å²) in [6.45, 7) is 2.03. The zero-order valence-electron chi connectivity index (χ0n) is 10.5. The highest BCUT2D eigenvalue weighted by Gasteiger charge is 2.12. The van der Waals surface area contributed by atoms with Crippen LogP contribution < -0.4 is 11.3 Å². The zero-order valence-corrected chi connectivity index (χ0v) is 12.7. The second-order valence-electron chi connectivity index (χ2n) is 4.23. The molecule has 0 amide bonds. The van der Waals surface area contributed by atoms with Gasteiger partial charge in [0.25, 0.3) is 11.2 Å². The van der Waals surface area contributed by atoms with Crippen molar-refractivity contribution in [1.29, 1.82) is 0 Å². The third kappa shape index (κ3) is 2.79. The minimum atomic E-state index is -0.540. The van der Waals surface area contributed by atoms with E-state index in [1.54, 1.807) is 13.0 Å². The Balaban J connectivity index is 2.36. The largest absolute Gasteiger partial charge is 0.393 e. The van der Waals surface area contributed by atoms with Crippen molar-refractivity contribution in [3.63, 3.8) is 0 Å². The van der Waals surface area contributed by atoms with Crippen molar-refractivity contribution in [3.8, 4) is 0 Å². The Bertz CT molecular complexity index is 742. The number of halogens is 1. The predicted molar refractivity (Wildman–Crippen MR) is 82.6 cm³/mol. The molecular weight excluding hydrogens is 375 g/mol. The fourth-order valence-electron chi connectivity index (χ4n) is 1.72. The smallest absolute Gasteiger partial charge is 0.292 e. The summed E-state index contributed by atoms with van der Waals surface area (Å²) in [5.74, 6) is 0. The van der Waals surface area contributed by atoms with Gasteiger partial charge in [-0.1, -0.05) is 6.07 Å². The fourth-order valence-corrected chi connectivity index (χ4v) is 2.17. The van der Waals surface area contributed by atoms with Gasteiger partial charge in [-0.05, 0) is 41.1 Å². The lowest BCUT2D eigenvalue weighted by molar-refractivity contribution is -0.383. The molecule has 0 atom stereocenters. The maximum atomic E-state index is 12.0. The van der Waals surface area contributed by atoms with E-state index in [1.807, 2.05) is 22.6 Å². The highest BCUT2D eigenvalue weighted by atomic mass is 127. The van der Waals surface area contributed by atoms with Gasteiger partial charge in [-0.25, -0.2) is 4.98 Å². The van der Waals surface area contributed by atoms with Crippen LogP contribution >= 0.6 is 22.6 Å². The average Bonchev–Trinajstić information content (AvgIpc) is 2.39. The molecule has 0 saturated heterocycles. The molecule has 0 unspecified atom stereocenters. The summed E-state index contributed by atoms with van der Waals surface area (Å²) in [6.07, 6.45) is 1.46. The Morgan fingerprint density at radius 2 is 2.20 bits per heavy atom. The number of nitrogens with two attached hydrogens (primary N) is 1. The molecule has 2 N–H and O–H groups in total. The van der Waals surface area contributed by atoms with E-state index in [0.717, 1.165) is 0 Å². The highest BCUT2D eigenvalue weighted by molar-refractivity contribution is 14.1. The number of nitro groups is 1. The van der Waals surface area contributed by atoms with Crippen molar-refractivity contribution in [2.45, 2.75) is 13.5 Å². The van der Waals surface area contributed by atoms with Gasteiger partial charge in [-0.3, -0.25) is 19.5 Å². The van der Waals surface area contributed by atoms with Crippen LogP contribution in [0.1, 0.15) is 11.3 Å². The Labute approximate surface area is 127 Å². The Kier molecular flexibility index (Phi) is 4.02. The van der Waals surface area contributed by atoms with E-state index in [4.69, 9.17) is 5.73 Å². The van der Waals surface area contributed by atoms with Crippen molar-refractivity contribution in [2.24, 2.45) is 0 Å². The molecule has 2 rings (SSSR count). The number of rotatable bonds is 3. The van der Waals surface area contributed by atoms with Crippen LogP contribution in [0.25, 0.3) is 0 Å². The molecule has 20 heavy (non-hydrogen) atoms. The number of anilines is 1. The fraction of sp³-hybridized carbons (Fsp3) is 0.167. The number of benzene rings is 1. The third-order valence-corrected chi connectivity index (χ3v) is 4.04. The summed E-state index contributed by atoms with van der Waals surface area (Å²) in [7, 11) is 0. The van der Waals surface area contributed by atoms with Crippen LogP contribution in [0.15, 0.2) is 29.3 Å². The molecule has 2 aromatic rings. The second-order valence-corrected chi connectivity index (χ2v) is 5.31. The molecule has 8 heteroatoms. The first-order valence-electron chi connectivity index (χ1n) is 5.64. The topological polar surface area (TPSA) is 104 Å². The minimum Gasteiger partial charge on any atom is -0.393 e. The molecule has 104 valence electrons. The summed E-state index contributed by atoms with van der Waals surface area (Å²) in [4.78, 5) is 26.3. The van der Waals surface area contributed by atoms with E-state index < -0.39 is 4.92 Å². The van der Waals surface area contributed by atoms with E-state index in [-0.39, 0.29) is 23.5 Å². The standard InChI is InChI=1S/C12H11IN4O3/c1-7-11(13)12(18)16(6-15-7)5-8-2-3-10(17(19)20)9(14)4-8/h2-4,6H,5,14H2,1H3. The van der Waals surface area contributed by atoms with Crippen molar-refractivity contribution >= 4 is 34.0 Å². The van der Waals surface area contributed by atoms with Gasteiger partial charge in [-0.15, -0.1) is 0 Å². The maximum absolute atomic E-state index is 12.0. The molecule has 1 heterocycles. The monoisotopic (exact) mass is 386 g/mol. The number of hydrogen-bond donors (Lipinski definition) is 1. The van der Waals surface area contributed by atoms with Crippen LogP contribution in [0.4, 0.5) is 11.4 Å². The van der Waals surface area contributed by atoms with Crippen molar-refractivity contribution < 1.29 is 4.92 Å². The van der Waals surface area contributed by atoms with E-state index >= 15 is 0 Å². The zero-order chi connectivity index (χ0) is 14.9. The second kappa shape index (κ2) is 5.57. The third-order valence-electron chi connectivity index (χ3n) is 2.80. The van der Waals surface area contributed by atoms with Gasteiger partial charge in [0.1, 0.15) is 5.69 Å². The van der Waals surface area contributed by atoms with Crippen LogP contribution in [-0.4, -0.2) is 14.5 Å². The molecule has 0 fully saturated rings. The van der Waals surface area contributed by atoms with Crippen LogP contribution in [0, 0.1) is 20.6 Å². The summed E-state index contributed by atoms with van der Waals surface area (Å²) < 4.78 is 2.00. The summed E-state index contributed by atoms with van der Waals surface area (Å²) in [6, 6.07) is 4.41. The molecule has 0 aliphatic heterocycles. The SMILES string of the molecule is Cc1ncn(Cc2ccc([N+](=O)[O-])c(N)c2)c(=O)c1I. The van der Waals surface area contributed by atoms with Gasteiger partial charge in [-0.2, -0.15) is 0 Å². The summed E-state index contributed by atoms with van der Waals surface area (Å²) >= 11 is 1.95. The lowest BCUT2D eigenvalue weighted by atomic mass is 10.1. The summed E-state index contributed by atoms with van der Waals surface area (Å²) in [5.41, 5.74) is 6.80. The molecule has 1 aromatic heterocycles. The Morgan fingerprint density at radius 1 is 1.50 bits per heavy atom. The Hall–Kier alpha value is -1.97. The lowest BCUT2D eigenvalue weighted by Gasteiger charge is -2.08. The number of nitrogens with zero attached hydrogens (tertiary/aromatic N) is 3. The molecule has 0 aliphatic rings. The van der Waals surface area contributed by atoms with Crippen molar-refractivity contribution in [3.05, 3.63) is 59.8 Å². The number of hydrogen-bond acceptors (Lipinski definition) is 5. The van der Waals surface area contributed by atoms with E-state index in [1.165, 1.54) is 23.0 Å². The van der Waals surface area contributed by atoms with Crippen LogP contribution in [0.5, 0.6) is 0 Å². The van der Waals surface area contributed by atoms with Gasteiger partial charge in [0.2, 0.25) is 0 Å². The lowest BCUT2D eigenvalue weighted by Crippen LogP contribution is -2.24. The first kappa shape index (κ1) is 14.4. The number of aryl methyl sites for hydroxylation is 1. The quantitative estimate of drug-likeness (QED) is 0.374. The number of nitrogen functional groups attached to an aromatic ring is 1.